The zero-order valence-electron chi connectivity index (χ0n) is 10.6. The van der Waals surface area contributed by atoms with Crippen LogP contribution in [-0.2, 0) is 6.42 Å². The standard InChI is InChI=1S/C14H14N4O/c1-15-9-8-13-17-14(19-18-13)12-7-6-10-4-2-3-5-11(10)16-12/h2-7,15H,8-9H2,1H3. The number of para-hydroxylation sites is 1. The molecule has 0 aliphatic carbocycles. The van der Waals surface area contributed by atoms with Gasteiger partial charge in [0.15, 0.2) is 5.82 Å². The van der Waals surface area contributed by atoms with Crippen LogP contribution in [0.25, 0.3) is 22.5 Å². The molecule has 0 spiro atoms. The van der Waals surface area contributed by atoms with Crippen molar-refractivity contribution in [3.8, 4) is 11.6 Å². The van der Waals surface area contributed by atoms with Gasteiger partial charge in [-0.05, 0) is 19.2 Å². The number of nitrogens with one attached hydrogen (secondary N) is 1. The van der Waals surface area contributed by atoms with E-state index in [9.17, 15) is 0 Å². The minimum absolute atomic E-state index is 0.469. The first kappa shape index (κ1) is 11.8. The van der Waals surface area contributed by atoms with Crippen molar-refractivity contribution in [2.75, 3.05) is 13.6 Å². The second-order valence-corrected chi connectivity index (χ2v) is 4.26. The first-order valence-electron chi connectivity index (χ1n) is 6.20. The molecule has 0 aliphatic rings. The Bertz CT molecular complexity index is 692. The van der Waals surface area contributed by atoms with Gasteiger partial charge in [0.25, 0.3) is 5.89 Å². The lowest BCUT2D eigenvalue weighted by molar-refractivity contribution is 0.421. The van der Waals surface area contributed by atoms with Gasteiger partial charge in [-0.25, -0.2) is 4.98 Å². The van der Waals surface area contributed by atoms with Crippen LogP contribution in [0.2, 0.25) is 0 Å². The van der Waals surface area contributed by atoms with Crippen LogP contribution in [0.15, 0.2) is 40.9 Å². The fourth-order valence-electron chi connectivity index (χ4n) is 1.88. The Hall–Kier alpha value is -2.27. The minimum atomic E-state index is 0.469. The number of hydrogen-bond donors (Lipinski definition) is 1. The zero-order chi connectivity index (χ0) is 13.1. The van der Waals surface area contributed by atoms with Gasteiger partial charge >= 0.3 is 0 Å². The first-order valence-corrected chi connectivity index (χ1v) is 6.20. The predicted octanol–water partition coefficient (Wildman–Crippen LogP) is 2.05. The van der Waals surface area contributed by atoms with Gasteiger partial charge in [-0.3, -0.25) is 0 Å². The molecule has 0 unspecified atom stereocenters. The number of benzene rings is 1. The van der Waals surface area contributed by atoms with Gasteiger partial charge in [-0.2, -0.15) is 4.98 Å². The molecular weight excluding hydrogens is 240 g/mol. The average Bonchev–Trinajstić information content (AvgIpc) is 2.93. The summed E-state index contributed by atoms with van der Waals surface area (Å²) in [6.45, 7) is 0.824. The third kappa shape index (κ3) is 2.46. The number of pyridine rings is 1. The molecule has 19 heavy (non-hydrogen) atoms. The number of aromatic nitrogens is 3. The highest BCUT2D eigenvalue weighted by Crippen LogP contribution is 2.19. The van der Waals surface area contributed by atoms with Crippen LogP contribution in [0, 0.1) is 0 Å². The fraction of sp³-hybridized carbons (Fsp3) is 0.214. The summed E-state index contributed by atoms with van der Waals surface area (Å²) in [5, 5.41) is 8.09. The second-order valence-electron chi connectivity index (χ2n) is 4.26. The summed E-state index contributed by atoms with van der Waals surface area (Å²) in [4.78, 5) is 8.87. The molecule has 96 valence electrons. The maximum Gasteiger partial charge on any atom is 0.276 e. The van der Waals surface area contributed by atoms with Gasteiger partial charge in [0, 0.05) is 18.4 Å². The molecule has 3 rings (SSSR count). The van der Waals surface area contributed by atoms with E-state index in [1.807, 2.05) is 43.4 Å². The van der Waals surface area contributed by atoms with E-state index < -0.39 is 0 Å². The molecule has 0 fully saturated rings. The van der Waals surface area contributed by atoms with Crippen LogP contribution in [0.5, 0.6) is 0 Å². The van der Waals surface area contributed by atoms with Crippen molar-refractivity contribution in [3.05, 3.63) is 42.2 Å². The summed E-state index contributed by atoms with van der Waals surface area (Å²) in [5.74, 6) is 1.16. The van der Waals surface area contributed by atoms with E-state index in [-0.39, 0.29) is 0 Å². The van der Waals surface area contributed by atoms with Crippen molar-refractivity contribution in [1.82, 2.24) is 20.4 Å². The van der Waals surface area contributed by atoms with Gasteiger partial charge in [-0.1, -0.05) is 29.4 Å². The topological polar surface area (TPSA) is 63.8 Å². The molecule has 0 amide bonds. The molecule has 2 heterocycles. The van der Waals surface area contributed by atoms with Crippen molar-refractivity contribution < 1.29 is 4.52 Å². The van der Waals surface area contributed by atoms with Gasteiger partial charge in [0.2, 0.25) is 0 Å². The highest BCUT2D eigenvalue weighted by Gasteiger charge is 2.10. The zero-order valence-corrected chi connectivity index (χ0v) is 10.6. The molecule has 5 heteroatoms. The van der Waals surface area contributed by atoms with E-state index >= 15 is 0 Å². The Balaban J connectivity index is 1.92. The van der Waals surface area contributed by atoms with Crippen LogP contribution < -0.4 is 5.32 Å². The van der Waals surface area contributed by atoms with E-state index in [2.05, 4.69) is 20.4 Å². The summed E-state index contributed by atoms with van der Waals surface area (Å²) in [6, 6.07) is 11.9. The Labute approximate surface area is 110 Å². The van der Waals surface area contributed by atoms with Gasteiger partial charge in [-0.15, -0.1) is 0 Å². The molecule has 0 saturated heterocycles. The van der Waals surface area contributed by atoms with Crippen molar-refractivity contribution >= 4 is 10.9 Å². The Morgan fingerprint density at radius 2 is 2.00 bits per heavy atom. The Morgan fingerprint density at radius 3 is 2.89 bits per heavy atom. The summed E-state index contributed by atoms with van der Waals surface area (Å²) in [7, 11) is 1.89. The van der Waals surface area contributed by atoms with E-state index in [0.717, 1.165) is 23.9 Å². The Kier molecular flexibility index (Phi) is 3.20. The summed E-state index contributed by atoms with van der Waals surface area (Å²) in [6.07, 6.45) is 0.744. The molecule has 3 aromatic rings. The SMILES string of the molecule is CNCCc1noc(-c2ccc3ccccc3n2)n1. The smallest absolute Gasteiger partial charge is 0.276 e. The number of fused-ring (bicyclic) bond motifs is 1. The van der Waals surface area contributed by atoms with Crippen molar-refractivity contribution in [3.63, 3.8) is 0 Å². The minimum Gasteiger partial charge on any atom is -0.332 e. The van der Waals surface area contributed by atoms with Crippen LogP contribution in [0.3, 0.4) is 0 Å². The molecule has 0 radical (unpaired) electrons. The molecule has 0 bridgehead atoms. The lowest BCUT2D eigenvalue weighted by Gasteiger charge is -1.98. The van der Waals surface area contributed by atoms with Crippen molar-refractivity contribution in [1.29, 1.82) is 0 Å². The van der Waals surface area contributed by atoms with Crippen LogP contribution in [0.4, 0.5) is 0 Å². The third-order valence-corrected chi connectivity index (χ3v) is 2.88. The quantitative estimate of drug-likeness (QED) is 0.772. The third-order valence-electron chi connectivity index (χ3n) is 2.88. The first-order chi connectivity index (χ1) is 9.36. The second kappa shape index (κ2) is 5.16. The molecule has 2 aromatic heterocycles. The molecule has 0 aliphatic heterocycles. The Morgan fingerprint density at radius 1 is 1.11 bits per heavy atom. The maximum absolute atomic E-state index is 5.25. The lowest BCUT2D eigenvalue weighted by atomic mass is 10.2. The highest BCUT2D eigenvalue weighted by molar-refractivity contribution is 5.80. The number of rotatable bonds is 4. The molecule has 0 atom stereocenters. The van der Waals surface area contributed by atoms with Crippen molar-refractivity contribution in [2.45, 2.75) is 6.42 Å². The van der Waals surface area contributed by atoms with E-state index in [4.69, 9.17) is 4.52 Å². The van der Waals surface area contributed by atoms with Gasteiger partial charge in [0.05, 0.1) is 5.52 Å². The largest absolute Gasteiger partial charge is 0.332 e. The molecule has 5 nitrogen and oxygen atoms in total. The number of likely N-dealkylation sites (N-methyl/N-ethyl adjacent to an activating group) is 1. The van der Waals surface area contributed by atoms with Crippen molar-refractivity contribution in [2.24, 2.45) is 0 Å². The lowest BCUT2D eigenvalue weighted by Crippen LogP contribution is -2.11. The summed E-state index contributed by atoms with van der Waals surface area (Å²) < 4.78 is 5.25. The maximum atomic E-state index is 5.25. The molecular formula is C14H14N4O. The van der Waals surface area contributed by atoms with Crippen LogP contribution >= 0.6 is 0 Å². The molecule has 1 aromatic carbocycles. The fourth-order valence-corrected chi connectivity index (χ4v) is 1.88. The monoisotopic (exact) mass is 254 g/mol. The predicted molar refractivity (Wildman–Crippen MR) is 72.7 cm³/mol. The van der Waals surface area contributed by atoms with Gasteiger partial charge < -0.3 is 9.84 Å². The molecule has 1 N–H and O–H groups in total. The highest BCUT2D eigenvalue weighted by atomic mass is 16.5. The summed E-state index contributed by atoms with van der Waals surface area (Å²) in [5.41, 5.74) is 1.64. The van der Waals surface area contributed by atoms with E-state index in [0.29, 0.717) is 17.4 Å². The van der Waals surface area contributed by atoms with E-state index in [1.54, 1.807) is 0 Å². The number of hydrogen-bond acceptors (Lipinski definition) is 5. The normalized spacial score (nSPS) is 11.0. The average molecular weight is 254 g/mol. The van der Waals surface area contributed by atoms with Crippen LogP contribution in [0.1, 0.15) is 5.82 Å². The number of nitrogens with zero attached hydrogens (tertiary/aromatic N) is 3. The van der Waals surface area contributed by atoms with E-state index in [1.165, 1.54) is 0 Å². The van der Waals surface area contributed by atoms with Gasteiger partial charge in [0.1, 0.15) is 5.69 Å². The summed E-state index contributed by atoms with van der Waals surface area (Å²) >= 11 is 0. The molecule has 0 saturated carbocycles. The van der Waals surface area contributed by atoms with Crippen LogP contribution in [-0.4, -0.2) is 28.7 Å².